The maximum atomic E-state index is 2.42. The van der Waals surface area contributed by atoms with E-state index >= 15 is 0 Å². The molecule has 3 rings (SSSR count). The molecule has 2 aliphatic rings. The van der Waals surface area contributed by atoms with Crippen LogP contribution >= 0.6 is 0 Å². The molecule has 2 saturated carbocycles. The van der Waals surface area contributed by atoms with Crippen LogP contribution in [-0.4, -0.2) is 0 Å². The Kier molecular flexibility index (Phi) is 12.3. The van der Waals surface area contributed by atoms with E-state index in [2.05, 4.69) is 38.1 Å². The maximum absolute atomic E-state index is 2.42. The van der Waals surface area contributed by atoms with Crippen LogP contribution in [0.25, 0.3) is 0 Å². The molecule has 1 aromatic rings. The van der Waals surface area contributed by atoms with E-state index in [1.54, 1.807) is 17.5 Å². The summed E-state index contributed by atoms with van der Waals surface area (Å²) >= 11 is 0. The fourth-order valence-electron chi connectivity index (χ4n) is 6.67. The molecule has 0 atom stereocenters. The molecule has 32 heavy (non-hydrogen) atoms. The predicted molar refractivity (Wildman–Crippen MR) is 142 cm³/mol. The van der Waals surface area contributed by atoms with Crippen molar-refractivity contribution in [2.75, 3.05) is 0 Å². The lowest BCUT2D eigenvalue weighted by Gasteiger charge is -2.32. The molecule has 0 aromatic heterocycles. The van der Waals surface area contributed by atoms with Crippen LogP contribution in [0.5, 0.6) is 0 Å². The molecule has 0 amide bonds. The number of benzene rings is 1. The summed E-state index contributed by atoms with van der Waals surface area (Å²) in [5.74, 6) is 4.18. The molecule has 0 N–H and O–H groups in total. The highest BCUT2D eigenvalue weighted by molar-refractivity contribution is 5.22. The van der Waals surface area contributed by atoms with Gasteiger partial charge in [-0.2, -0.15) is 0 Å². The molecule has 0 radical (unpaired) electrons. The van der Waals surface area contributed by atoms with Gasteiger partial charge in [-0.05, 0) is 60.5 Å². The second kappa shape index (κ2) is 15.2. The molecule has 1 aromatic carbocycles. The third-order valence-corrected chi connectivity index (χ3v) is 9.05. The van der Waals surface area contributed by atoms with Crippen LogP contribution < -0.4 is 0 Å². The number of hydrogen-bond donors (Lipinski definition) is 0. The molecule has 0 aliphatic heterocycles. The van der Waals surface area contributed by atoms with Crippen molar-refractivity contribution in [1.29, 1.82) is 0 Å². The van der Waals surface area contributed by atoms with Gasteiger partial charge in [-0.15, -0.1) is 0 Å². The summed E-state index contributed by atoms with van der Waals surface area (Å²) in [6, 6.07) is 9.65. The first-order chi connectivity index (χ1) is 15.8. The van der Waals surface area contributed by atoms with E-state index in [0.29, 0.717) is 0 Å². The second-order valence-corrected chi connectivity index (χ2v) is 11.7. The lowest BCUT2D eigenvalue weighted by Crippen LogP contribution is -2.18. The highest BCUT2D eigenvalue weighted by Gasteiger charge is 2.24. The average molecular weight is 439 g/mol. The van der Waals surface area contributed by atoms with Gasteiger partial charge in [-0.1, -0.05) is 141 Å². The Balaban J connectivity index is 1.24. The van der Waals surface area contributed by atoms with Gasteiger partial charge >= 0.3 is 0 Å². The fourth-order valence-corrected chi connectivity index (χ4v) is 6.67. The van der Waals surface area contributed by atoms with Crippen molar-refractivity contribution >= 4 is 0 Å². The summed E-state index contributed by atoms with van der Waals surface area (Å²) < 4.78 is 0. The summed E-state index contributed by atoms with van der Waals surface area (Å²) in [6.07, 6.45) is 29.1. The van der Waals surface area contributed by atoms with E-state index in [1.165, 1.54) is 122 Å². The Morgan fingerprint density at radius 3 is 1.41 bits per heavy atom. The van der Waals surface area contributed by atoms with Crippen molar-refractivity contribution in [2.24, 2.45) is 23.7 Å². The Morgan fingerprint density at radius 2 is 0.906 bits per heavy atom. The van der Waals surface area contributed by atoms with Crippen molar-refractivity contribution < 1.29 is 0 Å². The molecule has 0 spiro atoms. The molecule has 2 aliphatic carbocycles. The monoisotopic (exact) mass is 438 g/mol. The molecule has 0 bridgehead atoms. The summed E-state index contributed by atoms with van der Waals surface area (Å²) in [4.78, 5) is 0. The number of hydrogen-bond acceptors (Lipinski definition) is 0. The summed E-state index contributed by atoms with van der Waals surface area (Å²) in [5, 5.41) is 0. The van der Waals surface area contributed by atoms with Gasteiger partial charge in [0.05, 0.1) is 0 Å². The van der Waals surface area contributed by atoms with E-state index < -0.39 is 0 Å². The lowest BCUT2D eigenvalue weighted by atomic mass is 9.74. The van der Waals surface area contributed by atoms with Crippen LogP contribution in [0.15, 0.2) is 24.3 Å². The van der Waals surface area contributed by atoms with Gasteiger partial charge in [0.25, 0.3) is 0 Å². The zero-order valence-electron chi connectivity index (χ0n) is 21.8. The van der Waals surface area contributed by atoms with Gasteiger partial charge in [0.1, 0.15) is 0 Å². The van der Waals surface area contributed by atoms with Crippen LogP contribution in [0.1, 0.15) is 141 Å². The molecular formula is C32H54. The van der Waals surface area contributed by atoms with E-state index in [9.17, 15) is 0 Å². The second-order valence-electron chi connectivity index (χ2n) is 11.7. The van der Waals surface area contributed by atoms with Crippen LogP contribution in [0.3, 0.4) is 0 Å². The number of rotatable bonds is 14. The molecule has 2 fully saturated rings. The van der Waals surface area contributed by atoms with Gasteiger partial charge < -0.3 is 0 Å². The van der Waals surface area contributed by atoms with Gasteiger partial charge in [0.15, 0.2) is 0 Å². The SMILES string of the molecule is CCCCCCCc1ccc(CC[C@H]2CC[C@H](CC[C@H]3CC[C@H](CCC)CC3)CC2)cc1. The van der Waals surface area contributed by atoms with Crippen LogP contribution in [0, 0.1) is 23.7 Å². The van der Waals surface area contributed by atoms with E-state index in [0.717, 1.165) is 23.7 Å². The fraction of sp³-hybridized carbons (Fsp3) is 0.812. The standard InChI is InChI=1S/C32H54/c1-3-5-6-7-8-10-28-13-17-30(18-14-28)20-22-32-25-23-31(24-26-32)21-19-29-15-11-27(9-4-2)12-16-29/h13-14,17-18,27,29,31-32H,3-12,15-16,19-26H2,1-2H3/t27-,29-,31-,32-. The van der Waals surface area contributed by atoms with E-state index in [1.807, 2.05) is 0 Å². The largest absolute Gasteiger partial charge is 0.0654 e. The smallest absolute Gasteiger partial charge is 0.0276 e. The van der Waals surface area contributed by atoms with Gasteiger partial charge in [-0.25, -0.2) is 0 Å². The van der Waals surface area contributed by atoms with Crippen LogP contribution in [-0.2, 0) is 12.8 Å². The Labute approximate surface area is 201 Å². The minimum absolute atomic E-state index is 0.994. The Bertz CT molecular complexity index is 569. The molecule has 0 saturated heterocycles. The highest BCUT2D eigenvalue weighted by Crippen LogP contribution is 2.38. The van der Waals surface area contributed by atoms with Crippen LogP contribution in [0.2, 0.25) is 0 Å². The first-order valence-corrected chi connectivity index (χ1v) is 14.8. The van der Waals surface area contributed by atoms with Gasteiger partial charge in [-0.3, -0.25) is 0 Å². The topological polar surface area (TPSA) is 0 Å². The van der Waals surface area contributed by atoms with E-state index in [4.69, 9.17) is 0 Å². The zero-order valence-corrected chi connectivity index (χ0v) is 21.8. The first-order valence-electron chi connectivity index (χ1n) is 14.8. The average Bonchev–Trinajstić information content (AvgIpc) is 2.84. The lowest BCUT2D eigenvalue weighted by molar-refractivity contribution is 0.209. The third kappa shape index (κ3) is 9.61. The molecule has 0 unspecified atom stereocenters. The van der Waals surface area contributed by atoms with Crippen molar-refractivity contribution in [2.45, 2.75) is 142 Å². The molecular weight excluding hydrogens is 384 g/mol. The van der Waals surface area contributed by atoms with Crippen molar-refractivity contribution in [3.63, 3.8) is 0 Å². The zero-order chi connectivity index (χ0) is 22.4. The normalized spacial score (nSPS) is 26.3. The molecule has 0 heteroatoms. The summed E-state index contributed by atoms with van der Waals surface area (Å²) in [6.45, 7) is 4.65. The maximum Gasteiger partial charge on any atom is -0.0276 e. The van der Waals surface area contributed by atoms with Gasteiger partial charge in [0.2, 0.25) is 0 Å². The molecule has 182 valence electrons. The summed E-state index contributed by atoms with van der Waals surface area (Å²) in [7, 11) is 0. The van der Waals surface area contributed by atoms with E-state index in [-0.39, 0.29) is 0 Å². The minimum atomic E-state index is 0.994. The van der Waals surface area contributed by atoms with Crippen molar-refractivity contribution in [1.82, 2.24) is 0 Å². The predicted octanol–water partition coefficient (Wildman–Crippen LogP) is 10.3. The molecule has 0 nitrogen and oxygen atoms in total. The Morgan fingerprint density at radius 1 is 0.469 bits per heavy atom. The van der Waals surface area contributed by atoms with Crippen molar-refractivity contribution in [3.8, 4) is 0 Å². The first kappa shape index (κ1) is 25.8. The minimum Gasteiger partial charge on any atom is -0.0654 e. The number of aryl methyl sites for hydroxylation is 2. The third-order valence-electron chi connectivity index (χ3n) is 9.05. The quantitative estimate of drug-likeness (QED) is 0.253. The highest BCUT2D eigenvalue weighted by atomic mass is 14.3. The van der Waals surface area contributed by atoms with Crippen molar-refractivity contribution in [3.05, 3.63) is 35.4 Å². The van der Waals surface area contributed by atoms with Gasteiger partial charge in [0, 0.05) is 0 Å². The number of unbranched alkanes of at least 4 members (excludes halogenated alkanes) is 4. The molecule has 0 heterocycles. The van der Waals surface area contributed by atoms with Crippen LogP contribution in [0.4, 0.5) is 0 Å². The Hall–Kier alpha value is -0.780. The summed E-state index contributed by atoms with van der Waals surface area (Å²) in [5.41, 5.74) is 3.12.